The molecule has 0 radical (unpaired) electrons. The molecule has 3 nitrogen and oxygen atoms in total. The van der Waals surface area contributed by atoms with E-state index in [1.165, 1.54) is 16.3 Å². The predicted octanol–water partition coefficient (Wildman–Crippen LogP) is 3.02. The number of methoxy groups -OCH3 is 1. The van der Waals surface area contributed by atoms with Gasteiger partial charge in [-0.2, -0.15) is 0 Å². The lowest BCUT2D eigenvalue weighted by atomic mass is 9.94. The van der Waals surface area contributed by atoms with Crippen LogP contribution in [0.1, 0.15) is 18.9 Å². The van der Waals surface area contributed by atoms with Gasteiger partial charge in [-0.15, -0.1) is 0 Å². The van der Waals surface area contributed by atoms with Crippen LogP contribution in [0, 0.1) is 5.92 Å². The third kappa shape index (κ3) is 2.89. The Morgan fingerprint density at radius 1 is 1.19 bits per heavy atom. The zero-order chi connectivity index (χ0) is 14.8. The molecule has 2 atom stereocenters. The first-order valence-electron chi connectivity index (χ1n) is 7.71. The topological polar surface area (TPSA) is 38.5 Å². The van der Waals surface area contributed by atoms with Gasteiger partial charge in [0, 0.05) is 24.5 Å². The lowest BCUT2D eigenvalue weighted by Gasteiger charge is -2.35. The Bertz CT molecular complexity index is 626. The third-order valence-electron chi connectivity index (χ3n) is 4.64. The average Bonchev–Trinajstić information content (AvgIpc) is 2.51. The smallest absolute Gasteiger partial charge is 0.126 e. The maximum Gasteiger partial charge on any atom is 0.126 e. The summed E-state index contributed by atoms with van der Waals surface area (Å²) in [4.78, 5) is 2.52. The second kappa shape index (κ2) is 6.04. The van der Waals surface area contributed by atoms with Gasteiger partial charge in [-0.05, 0) is 35.9 Å². The molecule has 0 aliphatic carbocycles. The van der Waals surface area contributed by atoms with E-state index in [0.717, 1.165) is 31.8 Å². The Labute approximate surface area is 126 Å². The molecule has 2 unspecified atom stereocenters. The van der Waals surface area contributed by atoms with Crippen LogP contribution in [0.15, 0.2) is 36.4 Å². The van der Waals surface area contributed by atoms with Crippen LogP contribution in [-0.4, -0.2) is 31.1 Å². The van der Waals surface area contributed by atoms with Gasteiger partial charge in [0.05, 0.1) is 7.11 Å². The first-order chi connectivity index (χ1) is 10.2. The van der Waals surface area contributed by atoms with Gasteiger partial charge in [0.25, 0.3) is 0 Å². The molecule has 1 fully saturated rings. The maximum absolute atomic E-state index is 6.12. The minimum absolute atomic E-state index is 0.355. The largest absolute Gasteiger partial charge is 0.496 e. The molecule has 3 rings (SSSR count). The summed E-state index contributed by atoms with van der Waals surface area (Å²) in [7, 11) is 1.73. The molecule has 0 saturated carbocycles. The van der Waals surface area contributed by atoms with Crippen LogP contribution < -0.4 is 10.5 Å². The molecule has 112 valence electrons. The van der Waals surface area contributed by atoms with E-state index in [1.807, 2.05) is 0 Å². The van der Waals surface area contributed by atoms with Crippen molar-refractivity contribution in [3.05, 3.63) is 42.0 Å². The van der Waals surface area contributed by atoms with E-state index >= 15 is 0 Å². The molecular formula is C18H24N2O. The van der Waals surface area contributed by atoms with Crippen molar-refractivity contribution in [2.75, 3.05) is 20.2 Å². The van der Waals surface area contributed by atoms with Crippen LogP contribution in [0.4, 0.5) is 0 Å². The summed E-state index contributed by atoms with van der Waals surface area (Å²) in [6.45, 7) is 5.41. The maximum atomic E-state index is 6.12. The molecular weight excluding hydrogens is 260 g/mol. The van der Waals surface area contributed by atoms with Gasteiger partial charge in [0.1, 0.15) is 5.75 Å². The number of ether oxygens (including phenoxy) is 1. The highest BCUT2D eigenvalue weighted by Crippen LogP contribution is 2.29. The zero-order valence-corrected chi connectivity index (χ0v) is 12.9. The van der Waals surface area contributed by atoms with Gasteiger partial charge >= 0.3 is 0 Å². The number of hydrogen-bond donors (Lipinski definition) is 1. The highest BCUT2D eigenvalue weighted by atomic mass is 16.5. The average molecular weight is 284 g/mol. The van der Waals surface area contributed by atoms with Gasteiger partial charge in [0.2, 0.25) is 0 Å². The fraction of sp³-hybridized carbons (Fsp3) is 0.444. The third-order valence-corrected chi connectivity index (χ3v) is 4.64. The number of nitrogens with two attached hydrogens (primary N) is 1. The van der Waals surface area contributed by atoms with Crippen molar-refractivity contribution in [3.8, 4) is 5.75 Å². The summed E-state index contributed by atoms with van der Waals surface area (Å²) < 4.78 is 5.47. The highest BCUT2D eigenvalue weighted by Gasteiger charge is 2.23. The van der Waals surface area contributed by atoms with Gasteiger partial charge < -0.3 is 10.5 Å². The van der Waals surface area contributed by atoms with Crippen molar-refractivity contribution >= 4 is 10.8 Å². The molecule has 2 N–H and O–H groups in total. The number of fused-ring (bicyclic) bond motifs is 1. The van der Waals surface area contributed by atoms with Crippen molar-refractivity contribution in [2.45, 2.75) is 25.9 Å². The normalized spacial score (nSPS) is 23.4. The van der Waals surface area contributed by atoms with Crippen LogP contribution >= 0.6 is 0 Å². The van der Waals surface area contributed by atoms with E-state index in [0.29, 0.717) is 12.0 Å². The Balaban J connectivity index is 1.88. The molecule has 0 bridgehead atoms. The second-order valence-electron chi connectivity index (χ2n) is 6.14. The Kier molecular flexibility index (Phi) is 4.13. The van der Waals surface area contributed by atoms with Crippen LogP contribution in [0.2, 0.25) is 0 Å². The molecule has 1 aliphatic heterocycles. The van der Waals surface area contributed by atoms with Crippen LogP contribution in [0.5, 0.6) is 5.75 Å². The van der Waals surface area contributed by atoms with E-state index in [9.17, 15) is 0 Å². The van der Waals surface area contributed by atoms with Gasteiger partial charge in [-0.25, -0.2) is 0 Å². The fourth-order valence-corrected chi connectivity index (χ4v) is 3.28. The zero-order valence-electron chi connectivity index (χ0n) is 12.9. The molecule has 2 aromatic carbocycles. The summed E-state index contributed by atoms with van der Waals surface area (Å²) in [5, 5.41) is 2.48. The Morgan fingerprint density at radius 2 is 1.95 bits per heavy atom. The summed E-state index contributed by atoms with van der Waals surface area (Å²) >= 11 is 0. The molecule has 3 heteroatoms. The van der Waals surface area contributed by atoms with Gasteiger partial charge in [0.15, 0.2) is 0 Å². The second-order valence-corrected chi connectivity index (χ2v) is 6.14. The first kappa shape index (κ1) is 14.4. The first-order valence-corrected chi connectivity index (χ1v) is 7.71. The molecule has 2 aromatic rings. The van der Waals surface area contributed by atoms with E-state index in [-0.39, 0.29) is 0 Å². The molecule has 21 heavy (non-hydrogen) atoms. The number of likely N-dealkylation sites (tertiary alicyclic amines) is 1. The number of nitrogens with zero attached hydrogens (tertiary/aromatic N) is 1. The standard InChI is InChI=1S/C18H24N2O/c1-13-11-20(10-9-17(13)19)12-14-7-8-18(21-2)16-6-4-3-5-15(14)16/h3-8,13,17H,9-12,19H2,1-2H3. The SMILES string of the molecule is COc1ccc(CN2CCC(N)C(C)C2)c2ccccc12. The molecule has 1 aliphatic rings. The van der Waals surface area contributed by atoms with Crippen molar-refractivity contribution in [2.24, 2.45) is 11.7 Å². The minimum Gasteiger partial charge on any atom is -0.496 e. The van der Waals surface area contributed by atoms with Crippen LogP contribution in [0.3, 0.4) is 0 Å². The fourth-order valence-electron chi connectivity index (χ4n) is 3.28. The summed E-state index contributed by atoms with van der Waals surface area (Å²) in [6.07, 6.45) is 1.09. The van der Waals surface area contributed by atoms with E-state index in [4.69, 9.17) is 10.5 Å². The molecule has 0 amide bonds. The molecule has 1 saturated heterocycles. The Hall–Kier alpha value is -1.58. The number of benzene rings is 2. The highest BCUT2D eigenvalue weighted by molar-refractivity contribution is 5.91. The number of hydrogen-bond acceptors (Lipinski definition) is 3. The van der Waals surface area contributed by atoms with Crippen LogP contribution in [-0.2, 0) is 6.54 Å². The Morgan fingerprint density at radius 3 is 2.67 bits per heavy atom. The summed E-state index contributed by atoms with van der Waals surface area (Å²) in [5.41, 5.74) is 7.49. The molecule has 1 heterocycles. The van der Waals surface area contributed by atoms with Crippen molar-refractivity contribution in [1.29, 1.82) is 0 Å². The predicted molar refractivity (Wildman–Crippen MR) is 87.5 cm³/mol. The number of rotatable bonds is 3. The monoisotopic (exact) mass is 284 g/mol. The van der Waals surface area contributed by atoms with Crippen molar-refractivity contribution in [3.63, 3.8) is 0 Å². The van der Waals surface area contributed by atoms with E-state index in [1.54, 1.807) is 7.11 Å². The quantitative estimate of drug-likeness (QED) is 0.941. The molecule has 0 aromatic heterocycles. The molecule has 0 spiro atoms. The number of piperidine rings is 1. The van der Waals surface area contributed by atoms with Crippen LogP contribution in [0.25, 0.3) is 10.8 Å². The van der Waals surface area contributed by atoms with E-state index in [2.05, 4.69) is 48.2 Å². The lowest BCUT2D eigenvalue weighted by Crippen LogP contribution is -2.45. The van der Waals surface area contributed by atoms with Gasteiger partial charge in [-0.3, -0.25) is 4.90 Å². The van der Waals surface area contributed by atoms with Gasteiger partial charge in [-0.1, -0.05) is 37.3 Å². The van der Waals surface area contributed by atoms with Crippen molar-refractivity contribution < 1.29 is 4.74 Å². The minimum atomic E-state index is 0.355. The summed E-state index contributed by atoms with van der Waals surface area (Å²) in [6, 6.07) is 13.1. The van der Waals surface area contributed by atoms with E-state index < -0.39 is 0 Å². The lowest BCUT2D eigenvalue weighted by molar-refractivity contribution is 0.158. The summed E-state index contributed by atoms with van der Waals surface area (Å²) in [5.74, 6) is 1.52. The van der Waals surface area contributed by atoms with Crippen molar-refractivity contribution in [1.82, 2.24) is 4.90 Å².